The lowest BCUT2D eigenvalue weighted by molar-refractivity contribution is -0.128. The minimum absolute atomic E-state index is 0.0168. The Bertz CT molecular complexity index is 847. The molecule has 2 heterocycles. The molecule has 3 rings (SSSR count). The molecule has 144 valence electrons. The second-order valence-electron chi connectivity index (χ2n) is 5.94. The highest BCUT2D eigenvalue weighted by Gasteiger charge is 2.30. The number of hydrogen-bond donors (Lipinski definition) is 2. The number of anilines is 1. The molecule has 0 unspecified atom stereocenters. The normalized spacial score (nSPS) is 16.7. The van der Waals surface area contributed by atoms with Gasteiger partial charge in [0.25, 0.3) is 0 Å². The van der Waals surface area contributed by atoms with Gasteiger partial charge in [0.05, 0.1) is 5.69 Å². The second-order valence-corrected chi connectivity index (χ2v) is 8.14. The number of nitrogens with zero attached hydrogens (tertiary/aromatic N) is 2. The summed E-state index contributed by atoms with van der Waals surface area (Å²) in [6.45, 7) is 0.864. The summed E-state index contributed by atoms with van der Waals surface area (Å²) >= 11 is 2.65. The summed E-state index contributed by atoms with van der Waals surface area (Å²) < 4.78 is 27.3. The Kier molecular flexibility index (Phi) is 6.27. The third kappa shape index (κ3) is 4.95. The van der Waals surface area contributed by atoms with E-state index >= 15 is 0 Å². The van der Waals surface area contributed by atoms with E-state index in [0.29, 0.717) is 36.0 Å². The van der Waals surface area contributed by atoms with E-state index in [9.17, 15) is 18.4 Å². The lowest BCUT2D eigenvalue weighted by atomic mass is 10.2. The fourth-order valence-corrected chi connectivity index (χ4v) is 4.64. The number of thiazole rings is 1. The Morgan fingerprint density at radius 3 is 2.96 bits per heavy atom. The van der Waals surface area contributed by atoms with Crippen LogP contribution in [-0.2, 0) is 4.79 Å². The van der Waals surface area contributed by atoms with Gasteiger partial charge in [-0.2, -0.15) is 0 Å². The molecule has 1 aliphatic heterocycles. The van der Waals surface area contributed by atoms with Crippen molar-refractivity contribution in [3.8, 4) is 0 Å². The van der Waals surface area contributed by atoms with Gasteiger partial charge in [0, 0.05) is 42.8 Å². The number of carboxylic acid groups (broad SMARTS) is 1. The molecule has 6 nitrogen and oxygen atoms in total. The summed E-state index contributed by atoms with van der Waals surface area (Å²) in [5, 5.41) is 13.3. The van der Waals surface area contributed by atoms with Crippen LogP contribution in [0.4, 0.5) is 14.5 Å². The molecule has 1 saturated heterocycles. The fraction of sp³-hybridized carbons (Fsp3) is 0.353. The maximum Gasteiger partial charge on any atom is 0.355 e. The first-order valence-corrected chi connectivity index (χ1v) is 10.1. The Labute approximate surface area is 162 Å². The maximum atomic E-state index is 13.7. The summed E-state index contributed by atoms with van der Waals surface area (Å²) in [6.07, 6.45) is 1.10. The predicted molar refractivity (Wildman–Crippen MR) is 99.4 cm³/mol. The van der Waals surface area contributed by atoms with Crippen molar-refractivity contribution in [2.45, 2.75) is 23.2 Å². The number of hydrogen-bond acceptors (Lipinski definition) is 6. The van der Waals surface area contributed by atoms with Gasteiger partial charge >= 0.3 is 5.97 Å². The van der Waals surface area contributed by atoms with E-state index in [4.69, 9.17) is 5.11 Å². The summed E-state index contributed by atoms with van der Waals surface area (Å²) in [4.78, 5) is 28.7. The highest BCUT2D eigenvalue weighted by atomic mass is 32.2. The molecule has 1 aromatic carbocycles. The number of carbonyl (C=O) groups is 2. The Morgan fingerprint density at radius 2 is 2.26 bits per heavy atom. The van der Waals surface area contributed by atoms with Crippen LogP contribution in [-0.4, -0.2) is 51.8 Å². The zero-order chi connectivity index (χ0) is 19.4. The summed E-state index contributed by atoms with van der Waals surface area (Å²) in [6, 6.07) is 3.26. The number of carbonyl (C=O) groups excluding carboxylic acids is 1. The van der Waals surface area contributed by atoms with Crippen LogP contribution in [0.5, 0.6) is 0 Å². The Hall–Kier alpha value is -2.20. The molecule has 1 atom stereocenters. The van der Waals surface area contributed by atoms with Crippen LogP contribution in [0.2, 0.25) is 0 Å². The lowest BCUT2D eigenvalue weighted by Gasteiger charge is -2.25. The molecule has 1 aliphatic rings. The third-order valence-corrected chi connectivity index (χ3v) is 6.17. The van der Waals surface area contributed by atoms with Crippen molar-refractivity contribution in [1.82, 2.24) is 9.88 Å². The molecular formula is C17H17F2N3O3S2. The SMILES string of the molecule is O=C(O)c1csc(SCCN2C(=O)CC[C@@H]2CNc2ccc(F)cc2F)n1. The van der Waals surface area contributed by atoms with Gasteiger partial charge in [-0.15, -0.1) is 11.3 Å². The van der Waals surface area contributed by atoms with Crippen LogP contribution in [0.25, 0.3) is 0 Å². The number of amides is 1. The summed E-state index contributed by atoms with van der Waals surface area (Å²) in [7, 11) is 0. The number of likely N-dealkylation sites (tertiary alicyclic amines) is 1. The number of halogens is 2. The van der Waals surface area contributed by atoms with E-state index in [1.807, 2.05) is 0 Å². The highest BCUT2D eigenvalue weighted by Crippen LogP contribution is 2.25. The highest BCUT2D eigenvalue weighted by molar-refractivity contribution is 8.01. The van der Waals surface area contributed by atoms with Crippen LogP contribution in [0.1, 0.15) is 23.3 Å². The Morgan fingerprint density at radius 1 is 1.44 bits per heavy atom. The number of thioether (sulfide) groups is 1. The molecule has 2 aromatic rings. The number of benzene rings is 1. The maximum absolute atomic E-state index is 13.7. The van der Waals surface area contributed by atoms with Crippen molar-refractivity contribution < 1.29 is 23.5 Å². The first-order chi connectivity index (χ1) is 12.9. The van der Waals surface area contributed by atoms with E-state index < -0.39 is 17.6 Å². The van der Waals surface area contributed by atoms with Gasteiger partial charge in [-0.25, -0.2) is 18.6 Å². The lowest BCUT2D eigenvalue weighted by Crippen LogP contribution is -2.39. The molecular weight excluding hydrogens is 396 g/mol. The topological polar surface area (TPSA) is 82.5 Å². The monoisotopic (exact) mass is 413 g/mol. The minimum atomic E-state index is -1.06. The second kappa shape index (κ2) is 8.66. The largest absolute Gasteiger partial charge is 0.476 e. The van der Waals surface area contributed by atoms with Gasteiger partial charge < -0.3 is 15.3 Å². The first kappa shape index (κ1) is 19.6. The average molecular weight is 413 g/mol. The third-order valence-electron chi connectivity index (χ3n) is 4.17. The smallest absolute Gasteiger partial charge is 0.355 e. The number of nitrogens with one attached hydrogen (secondary N) is 1. The molecule has 0 aliphatic carbocycles. The van der Waals surface area contributed by atoms with Crippen molar-refractivity contribution in [1.29, 1.82) is 0 Å². The van der Waals surface area contributed by atoms with Crippen molar-refractivity contribution in [2.24, 2.45) is 0 Å². The predicted octanol–water partition coefficient (Wildman–Crippen LogP) is 3.31. The van der Waals surface area contributed by atoms with E-state index in [0.717, 1.165) is 6.07 Å². The van der Waals surface area contributed by atoms with E-state index in [-0.39, 0.29) is 23.3 Å². The van der Waals surface area contributed by atoms with Crippen molar-refractivity contribution in [3.63, 3.8) is 0 Å². The van der Waals surface area contributed by atoms with Crippen LogP contribution >= 0.6 is 23.1 Å². The zero-order valence-electron chi connectivity index (χ0n) is 14.2. The summed E-state index contributed by atoms with van der Waals surface area (Å²) in [5.41, 5.74) is 0.220. The van der Waals surface area contributed by atoms with Gasteiger partial charge in [0.2, 0.25) is 5.91 Å². The van der Waals surface area contributed by atoms with Gasteiger partial charge in [-0.3, -0.25) is 4.79 Å². The quantitative estimate of drug-likeness (QED) is 0.646. The number of rotatable bonds is 8. The molecule has 0 spiro atoms. The molecule has 0 bridgehead atoms. The minimum Gasteiger partial charge on any atom is -0.476 e. The number of carboxylic acids is 1. The standard InChI is InChI=1S/C17H17F2N3O3S2/c18-10-1-3-13(12(19)7-10)20-8-11-2-4-15(23)22(11)5-6-26-17-21-14(9-27-17)16(24)25/h1,3,7,9,11,20H,2,4-6,8H2,(H,24,25)/t11-/m1/s1. The first-order valence-electron chi connectivity index (χ1n) is 8.24. The molecule has 10 heteroatoms. The van der Waals surface area contributed by atoms with Crippen LogP contribution in [0, 0.1) is 11.6 Å². The van der Waals surface area contributed by atoms with Crippen LogP contribution in [0.15, 0.2) is 27.9 Å². The van der Waals surface area contributed by atoms with Gasteiger partial charge in [0.1, 0.15) is 11.6 Å². The van der Waals surface area contributed by atoms with Gasteiger partial charge in [-0.05, 0) is 18.6 Å². The molecule has 0 saturated carbocycles. The molecule has 27 heavy (non-hydrogen) atoms. The summed E-state index contributed by atoms with van der Waals surface area (Å²) in [5.74, 6) is -1.75. The van der Waals surface area contributed by atoms with Gasteiger partial charge in [-0.1, -0.05) is 11.8 Å². The molecule has 1 fully saturated rings. The van der Waals surface area contributed by atoms with Crippen molar-refractivity contribution in [2.75, 3.05) is 24.2 Å². The number of aromatic carboxylic acids is 1. The molecule has 1 aromatic heterocycles. The average Bonchev–Trinajstić information content (AvgIpc) is 3.22. The van der Waals surface area contributed by atoms with E-state index in [2.05, 4.69) is 10.3 Å². The molecule has 2 N–H and O–H groups in total. The van der Waals surface area contributed by atoms with Gasteiger partial charge in [0.15, 0.2) is 10.0 Å². The molecule has 1 amide bonds. The van der Waals surface area contributed by atoms with Crippen molar-refractivity contribution >= 4 is 40.7 Å². The Balaban J connectivity index is 1.52. The molecule has 0 radical (unpaired) electrons. The number of aromatic nitrogens is 1. The van der Waals surface area contributed by atoms with E-state index in [1.165, 1.54) is 40.6 Å². The fourth-order valence-electron chi connectivity index (χ4n) is 2.83. The van der Waals surface area contributed by atoms with Crippen molar-refractivity contribution in [3.05, 3.63) is 40.9 Å². The van der Waals surface area contributed by atoms with E-state index in [1.54, 1.807) is 4.90 Å². The van der Waals surface area contributed by atoms with Crippen LogP contribution < -0.4 is 5.32 Å². The van der Waals surface area contributed by atoms with Crippen LogP contribution in [0.3, 0.4) is 0 Å². The zero-order valence-corrected chi connectivity index (χ0v) is 15.8.